The maximum absolute atomic E-state index is 13.9. The van der Waals surface area contributed by atoms with Crippen molar-refractivity contribution in [3.63, 3.8) is 0 Å². The zero-order valence-corrected chi connectivity index (χ0v) is 38.9. The third kappa shape index (κ3) is 10.4. The van der Waals surface area contributed by atoms with Crippen LogP contribution in [0.25, 0.3) is 16.1 Å². The molecule has 4 aromatic rings. The summed E-state index contributed by atoms with van der Waals surface area (Å²) in [4.78, 5) is 61.1. The zero-order valence-electron chi connectivity index (χ0n) is 38.0. The molecule has 4 aliphatic rings. The number of nitrogens with one attached hydrogen (secondary N) is 4. The number of aliphatic imine (C=N–C) groups is 1. The van der Waals surface area contributed by atoms with E-state index < -0.39 is 6.04 Å². The van der Waals surface area contributed by atoms with Crippen LogP contribution in [0, 0.1) is 30.6 Å². The summed E-state index contributed by atoms with van der Waals surface area (Å²) in [6, 6.07) is 14.4. The number of piperazine rings is 1. The minimum Gasteiger partial charge on any atom is -0.397 e. The van der Waals surface area contributed by atoms with E-state index in [0.717, 1.165) is 85.2 Å². The lowest BCUT2D eigenvalue weighted by Gasteiger charge is -2.35. The topological polar surface area (TPSA) is 223 Å². The minimum atomic E-state index is -0.452. The maximum atomic E-state index is 13.9. The molecule has 0 aliphatic carbocycles. The number of pyridine rings is 1. The Balaban J connectivity index is 0.700. The quantitative estimate of drug-likeness (QED) is 0.0713. The van der Waals surface area contributed by atoms with Crippen LogP contribution in [0.15, 0.2) is 70.8 Å². The van der Waals surface area contributed by atoms with Gasteiger partial charge in [-0.05, 0) is 75.4 Å². The van der Waals surface area contributed by atoms with Gasteiger partial charge in [0.15, 0.2) is 0 Å². The van der Waals surface area contributed by atoms with Crippen molar-refractivity contribution in [3.8, 4) is 16.5 Å². The fraction of sp³-hybridized carbons (Fsp3) is 0.458. The largest absolute Gasteiger partial charge is 0.397 e. The number of hydrogen-bond acceptors (Lipinski definition) is 14. The number of rotatable bonds is 18. The highest BCUT2D eigenvalue weighted by Gasteiger charge is 2.62. The van der Waals surface area contributed by atoms with Crippen LogP contribution >= 0.6 is 11.3 Å². The second-order valence-electron chi connectivity index (χ2n) is 17.9. The van der Waals surface area contributed by atoms with Gasteiger partial charge in [-0.3, -0.25) is 34.4 Å². The Hall–Kier alpha value is -6.26. The average molecular weight is 914 g/mol. The smallest absolute Gasteiger partial charge is 0.272 e. The van der Waals surface area contributed by atoms with E-state index in [1.54, 1.807) is 48.8 Å². The van der Waals surface area contributed by atoms with E-state index >= 15 is 0 Å². The van der Waals surface area contributed by atoms with E-state index in [2.05, 4.69) is 82.1 Å². The van der Waals surface area contributed by atoms with Crippen LogP contribution in [-0.4, -0.2) is 135 Å². The number of H-pyrrole nitrogens is 1. The van der Waals surface area contributed by atoms with E-state index in [4.69, 9.17) is 15.7 Å². The molecular weight excluding hydrogens is 855 g/mol. The van der Waals surface area contributed by atoms with Gasteiger partial charge in [-0.1, -0.05) is 37.3 Å². The lowest BCUT2D eigenvalue weighted by Crippen LogP contribution is -2.49. The Kier molecular flexibility index (Phi) is 14.4. The van der Waals surface area contributed by atoms with Crippen LogP contribution in [0.3, 0.4) is 0 Å². The van der Waals surface area contributed by atoms with Gasteiger partial charge in [-0.15, -0.1) is 11.3 Å². The molecule has 0 radical (unpaired) electrons. The Labute approximate surface area is 389 Å². The fourth-order valence-corrected chi connectivity index (χ4v) is 10.3. The van der Waals surface area contributed by atoms with Crippen LogP contribution in [0.1, 0.15) is 77.5 Å². The number of carbonyl (C=O) groups is 3. The first-order chi connectivity index (χ1) is 31.9. The fourth-order valence-electron chi connectivity index (χ4n) is 9.50. The van der Waals surface area contributed by atoms with Gasteiger partial charge >= 0.3 is 0 Å². The van der Waals surface area contributed by atoms with Crippen LogP contribution in [0.4, 0.5) is 0 Å². The number of nitrogens with zero attached hydrogens (tertiary/aromatic N) is 8. The number of nitriles is 1. The molecule has 17 nitrogen and oxygen atoms in total. The van der Waals surface area contributed by atoms with Gasteiger partial charge in [0.25, 0.3) is 5.91 Å². The molecule has 1 aromatic carbocycles. The van der Waals surface area contributed by atoms with Gasteiger partial charge in [0, 0.05) is 81.8 Å². The van der Waals surface area contributed by atoms with E-state index in [9.17, 15) is 14.4 Å². The highest BCUT2D eigenvalue weighted by Crippen LogP contribution is 2.49. The van der Waals surface area contributed by atoms with Crippen molar-refractivity contribution in [1.29, 1.82) is 5.26 Å². The summed E-state index contributed by atoms with van der Waals surface area (Å²) in [6.07, 6.45) is 7.86. The summed E-state index contributed by atoms with van der Waals surface area (Å²) in [5.74, 6) is -0.363. The summed E-state index contributed by atoms with van der Waals surface area (Å²) in [5.41, 5.74) is 15.0. The summed E-state index contributed by atoms with van der Waals surface area (Å²) < 4.78 is 5.92. The second-order valence-corrected chi connectivity index (χ2v) is 18.8. The molecule has 18 heteroatoms. The first-order valence-corrected chi connectivity index (χ1v) is 23.6. The number of hydrogen-bond donors (Lipinski definition) is 5. The Morgan fingerprint density at radius 2 is 1.89 bits per heavy atom. The molecule has 3 fully saturated rings. The maximum Gasteiger partial charge on any atom is 0.272 e. The normalized spacial score (nSPS) is 22.5. The number of nitrogens with two attached hydrogens (primary N) is 1. The summed E-state index contributed by atoms with van der Waals surface area (Å²) in [5, 5.41) is 25.8. The molecule has 2 unspecified atom stereocenters. The van der Waals surface area contributed by atoms with Crippen molar-refractivity contribution in [1.82, 2.24) is 50.8 Å². The molecule has 0 spiro atoms. The summed E-state index contributed by atoms with van der Waals surface area (Å²) in [6.45, 7) is 15.0. The number of amides is 3. The van der Waals surface area contributed by atoms with Crippen LogP contribution in [0.2, 0.25) is 0 Å². The van der Waals surface area contributed by atoms with E-state index in [1.807, 2.05) is 36.4 Å². The minimum absolute atomic E-state index is 0.00167. The average Bonchev–Trinajstić information content (AvgIpc) is 4.16. The van der Waals surface area contributed by atoms with Crippen molar-refractivity contribution in [2.45, 2.75) is 84.3 Å². The third-order valence-corrected chi connectivity index (χ3v) is 14.1. The number of aromatic nitrogens is 4. The summed E-state index contributed by atoms with van der Waals surface area (Å²) in [7, 11) is 0. The van der Waals surface area contributed by atoms with Gasteiger partial charge in [0.2, 0.25) is 11.8 Å². The first-order valence-electron chi connectivity index (χ1n) is 22.7. The molecule has 8 rings (SSSR count). The Morgan fingerprint density at radius 3 is 2.64 bits per heavy atom. The first kappa shape index (κ1) is 46.3. The number of benzene rings is 1. The van der Waals surface area contributed by atoms with Crippen LogP contribution < -0.4 is 21.7 Å². The summed E-state index contributed by atoms with van der Waals surface area (Å²) >= 11 is 1.62. The third-order valence-electron chi connectivity index (χ3n) is 13.1. The van der Waals surface area contributed by atoms with Gasteiger partial charge in [0.05, 0.1) is 57.6 Å². The molecule has 3 amide bonds. The molecule has 66 heavy (non-hydrogen) atoms. The number of allylic oxidation sites excluding steroid dienone is 1. The molecular formula is C48H59N13O4S. The van der Waals surface area contributed by atoms with Crippen LogP contribution in [-0.2, 0) is 27.5 Å². The standard InChI is InChI=1S/C48H59N13O4S/c1-30(25-51-15-14-38(50)39-11-10-35(24-49)31(2)55-39)54-45(62)40-22-36(57-58-40)28-65-21-5-16-59-17-19-60(20-18-59)27-37-23-48(4)42-13-12-41(61(42)47(64)44(48)56-37)46(63)52-26-33-6-8-34(9-7-33)43-32(3)53-29-66-43/h6-11,14-15,22-23,29-30,41-42,44,56H,5,12-13,16-21,25-28,50H2,1-4H3,(H,52,63)(H,54,62)(H,57,58)/t30-,41-,42?,44+,48?/m0/s1. The predicted molar refractivity (Wildman–Crippen MR) is 253 cm³/mol. The van der Waals surface area contributed by atoms with Gasteiger partial charge < -0.3 is 36.2 Å². The highest BCUT2D eigenvalue weighted by atomic mass is 32.1. The Morgan fingerprint density at radius 1 is 1.11 bits per heavy atom. The molecule has 0 bridgehead atoms. The van der Waals surface area contributed by atoms with Gasteiger partial charge in [0.1, 0.15) is 23.8 Å². The molecule has 4 aliphatic heterocycles. The lowest BCUT2D eigenvalue weighted by atomic mass is 9.79. The number of fused-ring (bicyclic) bond motifs is 3. The van der Waals surface area contributed by atoms with Crippen molar-refractivity contribution < 1.29 is 19.1 Å². The number of ether oxygens (including phenoxy) is 1. The van der Waals surface area contributed by atoms with Crippen molar-refractivity contribution >= 4 is 41.0 Å². The Bertz CT molecular complexity index is 2540. The van der Waals surface area contributed by atoms with Crippen molar-refractivity contribution in [2.75, 3.05) is 52.4 Å². The molecule has 6 N–H and O–H groups in total. The predicted octanol–water partition coefficient (Wildman–Crippen LogP) is 3.68. The van der Waals surface area contributed by atoms with Gasteiger partial charge in [-0.25, -0.2) is 4.98 Å². The number of aryl methyl sites for hydroxylation is 2. The van der Waals surface area contributed by atoms with E-state index in [1.165, 1.54) is 0 Å². The monoisotopic (exact) mass is 913 g/mol. The second kappa shape index (κ2) is 20.5. The van der Waals surface area contributed by atoms with E-state index in [-0.39, 0.29) is 47.0 Å². The lowest BCUT2D eigenvalue weighted by molar-refractivity contribution is -0.137. The molecule has 0 saturated carbocycles. The zero-order chi connectivity index (χ0) is 46.4. The van der Waals surface area contributed by atoms with Gasteiger partial charge in [-0.2, -0.15) is 10.4 Å². The number of carbonyl (C=O) groups excluding carboxylic acids is 3. The molecule has 3 aromatic heterocycles. The van der Waals surface area contributed by atoms with Crippen LogP contribution in [0.5, 0.6) is 0 Å². The molecule has 5 atom stereocenters. The number of thiazole rings is 1. The highest BCUT2D eigenvalue weighted by molar-refractivity contribution is 7.13. The number of aromatic amines is 1. The molecule has 346 valence electrons. The molecule has 3 saturated heterocycles. The van der Waals surface area contributed by atoms with Crippen molar-refractivity contribution in [2.24, 2.45) is 16.1 Å². The molecule has 7 heterocycles. The van der Waals surface area contributed by atoms with E-state index in [0.29, 0.717) is 55.4 Å². The van der Waals surface area contributed by atoms with Crippen molar-refractivity contribution in [3.05, 3.63) is 105 Å². The SMILES string of the molecule is Cc1nc(C(N)=CC=NC[C@H](C)NC(=O)c2cc(COCCCN3CCN(CC4=CC5(C)C6CC[C@@H](C(=O)NCc7ccc(-c8scnc8C)cc7)N6C(=O)[C@H]5N4)CC3)[nH]n2)ccc1C#N.